The SMILES string of the molecule is COC(=O)[C@@H](Cc1c(Cl)cccc1Cl)NC(=O)c1cc(C(F)(F)F)cc(C(F)(F)F)c1. The predicted molar refractivity (Wildman–Crippen MR) is 99.9 cm³/mol. The Labute approximate surface area is 182 Å². The van der Waals surface area contributed by atoms with Gasteiger partial charge >= 0.3 is 18.3 Å². The smallest absolute Gasteiger partial charge is 0.416 e. The Bertz CT molecular complexity index is 939. The Morgan fingerprint density at radius 2 is 1.45 bits per heavy atom. The zero-order valence-electron chi connectivity index (χ0n) is 15.5. The molecule has 2 rings (SSSR count). The summed E-state index contributed by atoms with van der Waals surface area (Å²) in [4.78, 5) is 24.5. The number of hydrogen-bond acceptors (Lipinski definition) is 3. The molecule has 4 nitrogen and oxygen atoms in total. The van der Waals surface area contributed by atoms with E-state index in [4.69, 9.17) is 23.2 Å². The molecule has 0 fully saturated rings. The number of halogens is 8. The maximum Gasteiger partial charge on any atom is 0.416 e. The fraction of sp³-hybridized carbons (Fsp3) is 0.263. The van der Waals surface area contributed by atoms with Crippen molar-refractivity contribution in [2.24, 2.45) is 0 Å². The molecule has 0 heterocycles. The first kappa shape index (κ1) is 24.8. The van der Waals surface area contributed by atoms with Crippen molar-refractivity contribution in [3.05, 3.63) is 68.7 Å². The van der Waals surface area contributed by atoms with E-state index in [0.717, 1.165) is 7.11 Å². The number of amides is 1. The molecule has 1 N–H and O–H groups in total. The van der Waals surface area contributed by atoms with Crippen molar-refractivity contribution < 1.29 is 40.7 Å². The van der Waals surface area contributed by atoms with Crippen molar-refractivity contribution in [1.82, 2.24) is 5.32 Å². The number of hydrogen-bond donors (Lipinski definition) is 1. The second-order valence-electron chi connectivity index (χ2n) is 6.25. The lowest BCUT2D eigenvalue weighted by Crippen LogP contribution is -2.43. The highest BCUT2D eigenvalue weighted by atomic mass is 35.5. The van der Waals surface area contributed by atoms with E-state index in [0.29, 0.717) is 0 Å². The van der Waals surface area contributed by atoms with Crippen molar-refractivity contribution in [2.45, 2.75) is 24.8 Å². The summed E-state index contributed by atoms with van der Waals surface area (Å²) < 4.78 is 82.7. The average molecular weight is 488 g/mol. The van der Waals surface area contributed by atoms with Crippen LogP contribution in [0.3, 0.4) is 0 Å². The van der Waals surface area contributed by atoms with Crippen LogP contribution in [0, 0.1) is 0 Å². The molecule has 0 spiro atoms. The lowest BCUT2D eigenvalue weighted by Gasteiger charge is -2.19. The van der Waals surface area contributed by atoms with Crippen molar-refractivity contribution in [1.29, 1.82) is 0 Å². The van der Waals surface area contributed by atoms with Crippen LogP contribution in [0.25, 0.3) is 0 Å². The standard InChI is InChI=1S/C19H13Cl2F6NO3/c1-31-17(30)15(8-12-13(20)3-2-4-14(12)21)28-16(29)9-5-10(18(22,23)24)7-11(6-9)19(25,26)27/h2-7,15H,8H2,1H3,(H,28,29)/t15-/m1/s1. The van der Waals surface area contributed by atoms with Crippen LogP contribution in [0.5, 0.6) is 0 Å². The first-order valence-electron chi connectivity index (χ1n) is 8.35. The largest absolute Gasteiger partial charge is 0.467 e. The van der Waals surface area contributed by atoms with Gasteiger partial charge in [-0.2, -0.15) is 26.3 Å². The number of nitrogens with one attached hydrogen (secondary N) is 1. The van der Waals surface area contributed by atoms with Crippen LogP contribution in [-0.4, -0.2) is 25.0 Å². The summed E-state index contributed by atoms with van der Waals surface area (Å²) in [5, 5.41) is 2.35. The van der Waals surface area contributed by atoms with E-state index < -0.39 is 47.0 Å². The van der Waals surface area contributed by atoms with Crippen molar-refractivity contribution in [3.8, 4) is 0 Å². The highest BCUT2D eigenvalue weighted by molar-refractivity contribution is 6.36. The molecule has 12 heteroatoms. The van der Waals surface area contributed by atoms with Gasteiger partial charge in [-0.25, -0.2) is 4.79 Å². The predicted octanol–water partition coefficient (Wildman–Crippen LogP) is 5.55. The fourth-order valence-corrected chi connectivity index (χ4v) is 3.15. The number of benzene rings is 2. The molecule has 168 valence electrons. The van der Waals surface area contributed by atoms with E-state index >= 15 is 0 Å². The molecule has 1 atom stereocenters. The molecule has 0 unspecified atom stereocenters. The molecule has 1 amide bonds. The summed E-state index contributed by atoms with van der Waals surface area (Å²) >= 11 is 12.0. The van der Waals surface area contributed by atoms with Crippen molar-refractivity contribution in [3.63, 3.8) is 0 Å². The van der Waals surface area contributed by atoms with Gasteiger partial charge in [0.15, 0.2) is 0 Å². The minimum atomic E-state index is -5.14. The van der Waals surface area contributed by atoms with Crippen LogP contribution < -0.4 is 5.32 Å². The average Bonchev–Trinajstić information content (AvgIpc) is 2.67. The van der Waals surface area contributed by atoms with Crippen LogP contribution in [0.15, 0.2) is 36.4 Å². The summed E-state index contributed by atoms with van der Waals surface area (Å²) in [6, 6.07) is 3.31. The number of rotatable bonds is 5. The Kier molecular flexibility index (Phi) is 7.48. The summed E-state index contributed by atoms with van der Waals surface area (Å²) in [5.41, 5.74) is -4.06. The molecule has 0 saturated heterocycles. The lowest BCUT2D eigenvalue weighted by atomic mass is 10.0. The summed E-state index contributed by atoms with van der Waals surface area (Å²) in [5.74, 6) is -2.36. The van der Waals surface area contributed by atoms with E-state index in [9.17, 15) is 35.9 Å². The number of alkyl halides is 6. The molecular formula is C19H13Cl2F6NO3. The Hall–Kier alpha value is -2.46. The van der Waals surface area contributed by atoms with E-state index in [1.807, 2.05) is 0 Å². The molecule has 0 aromatic heterocycles. The van der Waals surface area contributed by atoms with Crippen LogP contribution in [0.1, 0.15) is 27.0 Å². The minimum Gasteiger partial charge on any atom is -0.467 e. The van der Waals surface area contributed by atoms with Gasteiger partial charge in [0.25, 0.3) is 5.91 Å². The number of carbonyl (C=O) groups excluding carboxylic acids is 2. The fourth-order valence-electron chi connectivity index (χ4n) is 2.59. The zero-order chi connectivity index (χ0) is 23.6. The third-order valence-electron chi connectivity index (χ3n) is 4.11. The number of ether oxygens (including phenoxy) is 1. The van der Waals surface area contributed by atoms with Crippen LogP contribution >= 0.6 is 23.2 Å². The Morgan fingerprint density at radius 1 is 0.968 bits per heavy atom. The normalized spacial score (nSPS) is 12.9. The third kappa shape index (κ3) is 6.27. The number of esters is 1. The number of carbonyl (C=O) groups is 2. The topological polar surface area (TPSA) is 55.4 Å². The number of methoxy groups -OCH3 is 1. The molecule has 0 saturated carbocycles. The van der Waals surface area contributed by atoms with Crippen LogP contribution in [0.2, 0.25) is 10.0 Å². The molecule has 0 radical (unpaired) electrons. The zero-order valence-corrected chi connectivity index (χ0v) is 17.0. The second kappa shape index (κ2) is 9.35. The van der Waals surface area contributed by atoms with Gasteiger partial charge in [-0.05, 0) is 35.9 Å². The summed E-state index contributed by atoms with van der Waals surface area (Å²) in [6.45, 7) is 0. The molecule has 0 aliphatic carbocycles. The van der Waals surface area contributed by atoms with Crippen molar-refractivity contribution in [2.75, 3.05) is 7.11 Å². The van der Waals surface area contributed by atoms with Crippen molar-refractivity contribution >= 4 is 35.1 Å². The first-order valence-corrected chi connectivity index (χ1v) is 9.10. The lowest BCUT2D eigenvalue weighted by molar-refractivity contribution is -0.144. The summed E-state index contributed by atoms with van der Waals surface area (Å²) in [6.07, 6.45) is -10.6. The highest BCUT2D eigenvalue weighted by Gasteiger charge is 2.38. The van der Waals surface area contributed by atoms with Gasteiger partial charge in [0.2, 0.25) is 0 Å². The molecule has 0 aliphatic heterocycles. The van der Waals surface area contributed by atoms with Crippen LogP contribution in [0.4, 0.5) is 26.3 Å². The maximum atomic E-state index is 13.0. The van der Waals surface area contributed by atoms with E-state index in [-0.39, 0.29) is 40.2 Å². The molecule has 2 aromatic rings. The second-order valence-corrected chi connectivity index (χ2v) is 7.06. The van der Waals surface area contributed by atoms with E-state index in [1.54, 1.807) is 0 Å². The van der Waals surface area contributed by atoms with Crippen LogP contribution in [-0.2, 0) is 28.3 Å². The van der Waals surface area contributed by atoms with Gasteiger partial charge in [0.1, 0.15) is 6.04 Å². The first-order chi connectivity index (χ1) is 14.2. The molecule has 2 aromatic carbocycles. The van der Waals surface area contributed by atoms with Gasteiger partial charge in [-0.3, -0.25) is 4.79 Å². The van der Waals surface area contributed by atoms with E-state index in [1.165, 1.54) is 18.2 Å². The molecule has 0 bridgehead atoms. The highest BCUT2D eigenvalue weighted by Crippen LogP contribution is 2.36. The van der Waals surface area contributed by atoms with E-state index in [2.05, 4.69) is 10.1 Å². The maximum absolute atomic E-state index is 13.0. The van der Waals surface area contributed by atoms with Gasteiger partial charge in [-0.15, -0.1) is 0 Å². The van der Waals surface area contributed by atoms with Gasteiger partial charge in [0.05, 0.1) is 18.2 Å². The van der Waals surface area contributed by atoms with Gasteiger partial charge in [0, 0.05) is 22.0 Å². The van der Waals surface area contributed by atoms with Gasteiger partial charge < -0.3 is 10.1 Å². The summed E-state index contributed by atoms with van der Waals surface area (Å²) in [7, 11) is 0.988. The third-order valence-corrected chi connectivity index (χ3v) is 4.82. The quantitative estimate of drug-likeness (QED) is 0.444. The van der Waals surface area contributed by atoms with Gasteiger partial charge in [-0.1, -0.05) is 29.3 Å². The molecule has 0 aliphatic rings. The Balaban J connectivity index is 2.42. The minimum absolute atomic E-state index is 0.113. The monoisotopic (exact) mass is 487 g/mol. The molecular weight excluding hydrogens is 475 g/mol. The Morgan fingerprint density at radius 3 is 1.87 bits per heavy atom. The molecule has 31 heavy (non-hydrogen) atoms.